The molecule has 1 heterocycles. The zero-order chi connectivity index (χ0) is 9.68. The van der Waals surface area contributed by atoms with Gasteiger partial charge in [0.05, 0.1) is 0 Å². The molecule has 0 radical (unpaired) electrons. The molecule has 2 heteroatoms. The number of hydrogen-bond donors (Lipinski definition) is 1. The van der Waals surface area contributed by atoms with Gasteiger partial charge < -0.3 is 5.32 Å². The lowest BCUT2D eigenvalue weighted by atomic mass is 10.0. The number of nitrogens with one attached hydrogen (secondary N) is 1. The molecule has 0 aliphatic carbocycles. The van der Waals surface area contributed by atoms with Crippen LogP contribution in [0.1, 0.15) is 30.0 Å². The van der Waals surface area contributed by atoms with Crippen LogP contribution < -0.4 is 5.32 Å². The highest BCUT2D eigenvalue weighted by Gasteiger charge is 2.10. The Morgan fingerprint density at radius 3 is 2.85 bits per heavy atom. The van der Waals surface area contributed by atoms with Crippen molar-refractivity contribution in [2.45, 2.75) is 25.8 Å². The van der Waals surface area contributed by atoms with Gasteiger partial charge in [0.25, 0.3) is 0 Å². The molecule has 1 nitrogen and oxygen atoms in total. The molecule has 0 spiro atoms. The highest BCUT2D eigenvalue weighted by atomic mass is 32.1. The highest BCUT2D eigenvalue weighted by Crippen LogP contribution is 2.24. The van der Waals surface area contributed by atoms with Crippen LogP contribution in [0, 0.1) is 19.3 Å². The van der Waals surface area contributed by atoms with Crippen LogP contribution in [0.2, 0.25) is 0 Å². The number of terminal acetylenes is 1. The van der Waals surface area contributed by atoms with Crippen LogP contribution in [0.25, 0.3) is 0 Å². The SMILES string of the molecule is C#CCCC(NC)c1cscc1C. The minimum absolute atomic E-state index is 0.419. The van der Waals surface area contributed by atoms with Crippen molar-refractivity contribution in [1.82, 2.24) is 5.32 Å². The van der Waals surface area contributed by atoms with Crippen molar-refractivity contribution in [3.05, 3.63) is 21.9 Å². The Morgan fingerprint density at radius 1 is 1.62 bits per heavy atom. The van der Waals surface area contributed by atoms with Gasteiger partial charge in [-0.3, -0.25) is 0 Å². The van der Waals surface area contributed by atoms with Crippen molar-refractivity contribution in [2.75, 3.05) is 7.05 Å². The maximum Gasteiger partial charge on any atom is 0.0337 e. The van der Waals surface area contributed by atoms with Crippen molar-refractivity contribution < 1.29 is 0 Å². The smallest absolute Gasteiger partial charge is 0.0337 e. The van der Waals surface area contributed by atoms with Crippen LogP contribution in [-0.2, 0) is 0 Å². The van der Waals surface area contributed by atoms with Crippen molar-refractivity contribution in [3.63, 3.8) is 0 Å². The molecular weight excluding hydrogens is 178 g/mol. The Labute approximate surface area is 84.2 Å². The van der Waals surface area contributed by atoms with E-state index in [4.69, 9.17) is 6.42 Å². The third-order valence-electron chi connectivity index (χ3n) is 2.20. The fraction of sp³-hybridized carbons (Fsp3) is 0.455. The molecule has 0 bridgehead atoms. The van der Waals surface area contributed by atoms with Gasteiger partial charge in [-0.25, -0.2) is 0 Å². The van der Waals surface area contributed by atoms with Gasteiger partial charge in [0.2, 0.25) is 0 Å². The summed E-state index contributed by atoms with van der Waals surface area (Å²) in [6.07, 6.45) is 7.10. The van der Waals surface area contributed by atoms with Crippen LogP contribution in [-0.4, -0.2) is 7.05 Å². The summed E-state index contributed by atoms with van der Waals surface area (Å²) in [6.45, 7) is 2.14. The number of thiophene rings is 1. The lowest BCUT2D eigenvalue weighted by Gasteiger charge is -2.14. The molecule has 1 rings (SSSR count). The normalized spacial score (nSPS) is 12.4. The Morgan fingerprint density at radius 2 is 2.38 bits per heavy atom. The molecule has 0 aliphatic rings. The van der Waals surface area contributed by atoms with Gasteiger partial charge in [-0.05, 0) is 42.3 Å². The van der Waals surface area contributed by atoms with E-state index in [-0.39, 0.29) is 0 Å². The lowest BCUT2D eigenvalue weighted by Crippen LogP contribution is -2.16. The lowest BCUT2D eigenvalue weighted by molar-refractivity contribution is 0.557. The summed E-state index contributed by atoms with van der Waals surface area (Å²) in [6, 6.07) is 0.419. The summed E-state index contributed by atoms with van der Waals surface area (Å²) >= 11 is 1.75. The van der Waals surface area contributed by atoms with E-state index in [1.54, 1.807) is 11.3 Å². The first-order chi connectivity index (χ1) is 6.29. The average Bonchev–Trinajstić information content (AvgIpc) is 2.54. The van der Waals surface area contributed by atoms with Gasteiger partial charge in [-0.1, -0.05) is 0 Å². The molecule has 0 saturated carbocycles. The van der Waals surface area contributed by atoms with Gasteiger partial charge in [0.15, 0.2) is 0 Å². The van der Waals surface area contributed by atoms with Crippen molar-refractivity contribution in [2.24, 2.45) is 0 Å². The Hall–Kier alpha value is -0.780. The number of aryl methyl sites for hydroxylation is 1. The average molecular weight is 193 g/mol. The largest absolute Gasteiger partial charge is 0.313 e. The van der Waals surface area contributed by atoms with E-state index in [9.17, 15) is 0 Å². The first kappa shape index (κ1) is 10.3. The van der Waals surface area contributed by atoms with Crippen molar-refractivity contribution in [3.8, 4) is 12.3 Å². The van der Waals surface area contributed by atoms with E-state index in [0.717, 1.165) is 12.8 Å². The molecule has 0 aliphatic heterocycles. The summed E-state index contributed by atoms with van der Waals surface area (Å²) in [5.74, 6) is 2.68. The molecule has 70 valence electrons. The fourth-order valence-electron chi connectivity index (χ4n) is 1.41. The molecule has 0 fully saturated rings. The number of rotatable bonds is 4. The minimum Gasteiger partial charge on any atom is -0.313 e. The quantitative estimate of drug-likeness (QED) is 0.725. The second kappa shape index (κ2) is 5.06. The molecule has 0 saturated heterocycles. The van der Waals surface area contributed by atoms with E-state index in [2.05, 4.69) is 28.9 Å². The summed E-state index contributed by atoms with van der Waals surface area (Å²) in [5, 5.41) is 7.67. The fourth-order valence-corrected chi connectivity index (χ4v) is 2.32. The van der Waals surface area contributed by atoms with Crippen LogP contribution in [0.5, 0.6) is 0 Å². The molecule has 1 N–H and O–H groups in total. The molecule has 1 atom stereocenters. The Bertz CT molecular complexity index is 295. The van der Waals surface area contributed by atoms with Gasteiger partial charge in [-0.15, -0.1) is 12.3 Å². The first-order valence-corrected chi connectivity index (χ1v) is 5.37. The first-order valence-electron chi connectivity index (χ1n) is 4.43. The standard InChI is InChI=1S/C11H15NS/c1-4-5-6-11(12-3)10-8-13-7-9(10)2/h1,7-8,11-12H,5-6H2,2-3H3. The van der Waals surface area contributed by atoms with Crippen molar-refractivity contribution >= 4 is 11.3 Å². The molecule has 13 heavy (non-hydrogen) atoms. The third kappa shape index (κ3) is 2.58. The molecule has 1 aromatic heterocycles. The van der Waals surface area contributed by atoms with E-state index < -0.39 is 0 Å². The topological polar surface area (TPSA) is 12.0 Å². The van der Waals surface area contributed by atoms with E-state index in [1.807, 2.05) is 7.05 Å². The molecule has 1 aromatic rings. The summed E-state index contributed by atoms with van der Waals surface area (Å²) in [5.41, 5.74) is 2.75. The highest BCUT2D eigenvalue weighted by molar-refractivity contribution is 7.08. The molecular formula is C11H15NS. The summed E-state index contributed by atoms with van der Waals surface area (Å²) in [7, 11) is 1.98. The summed E-state index contributed by atoms with van der Waals surface area (Å²) < 4.78 is 0. The Balaban J connectivity index is 2.68. The second-order valence-corrected chi connectivity index (χ2v) is 3.84. The predicted octanol–water partition coefficient (Wildman–Crippen LogP) is 2.73. The predicted molar refractivity (Wildman–Crippen MR) is 58.9 cm³/mol. The zero-order valence-corrected chi connectivity index (χ0v) is 8.95. The van der Waals surface area contributed by atoms with Crippen LogP contribution in [0.3, 0.4) is 0 Å². The maximum absolute atomic E-state index is 5.25. The molecule has 0 aromatic carbocycles. The van der Waals surface area contributed by atoms with Gasteiger partial charge in [0.1, 0.15) is 0 Å². The van der Waals surface area contributed by atoms with E-state index in [1.165, 1.54) is 11.1 Å². The van der Waals surface area contributed by atoms with Crippen LogP contribution in [0.4, 0.5) is 0 Å². The van der Waals surface area contributed by atoms with Gasteiger partial charge >= 0.3 is 0 Å². The van der Waals surface area contributed by atoms with E-state index in [0.29, 0.717) is 6.04 Å². The number of hydrogen-bond acceptors (Lipinski definition) is 2. The summed E-state index contributed by atoms with van der Waals surface area (Å²) in [4.78, 5) is 0. The van der Waals surface area contributed by atoms with Gasteiger partial charge in [0, 0.05) is 12.5 Å². The van der Waals surface area contributed by atoms with Crippen LogP contribution in [0.15, 0.2) is 10.8 Å². The molecule has 1 unspecified atom stereocenters. The Kier molecular flexibility index (Phi) is 4.01. The zero-order valence-electron chi connectivity index (χ0n) is 8.13. The maximum atomic E-state index is 5.25. The monoisotopic (exact) mass is 193 g/mol. The third-order valence-corrected chi connectivity index (χ3v) is 3.08. The minimum atomic E-state index is 0.419. The van der Waals surface area contributed by atoms with Crippen molar-refractivity contribution in [1.29, 1.82) is 0 Å². The van der Waals surface area contributed by atoms with Gasteiger partial charge in [-0.2, -0.15) is 11.3 Å². The second-order valence-electron chi connectivity index (χ2n) is 3.09. The molecule has 0 amide bonds. The van der Waals surface area contributed by atoms with E-state index >= 15 is 0 Å². The van der Waals surface area contributed by atoms with Crippen LogP contribution >= 0.6 is 11.3 Å².